The second-order valence-corrected chi connectivity index (χ2v) is 4.14. The number of aryl methyl sites for hydroxylation is 1. The first-order valence-electron chi connectivity index (χ1n) is 5.57. The average Bonchev–Trinajstić information content (AvgIpc) is 2.74. The highest BCUT2D eigenvalue weighted by atomic mass is 19.1. The molecule has 0 saturated heterocycles. The molecule has 3 nitrogen and oxygen atoms in total. The van der Waals surface area contributed by atoms with Gasteiger partial charge in [0.2, 0.25) is 0 Å². The van der Waals surface area contributed by atoms with Crippen LogP contribution >= 0.6 is 0 Å². The van der Waals surface area contributed by atoms with Gasteiger partial charge in [-0.3, -0.25) is 0 Å². The van der Waals surface area contributed by atoms with Crippen molar-refractivity contribution >= 4 is 16.8 Å². The van der Waals surface area contributed by atoms with Crippen molar-refractivity contribution in [2.24, 2.45) is 0 Å². The molecule has 4 heteroatoms. The number of fused-ring (bicyclic) bond motifs is 1. The van der Waals surface area contributed by atoms with E-state index in [-0.39, 0.29) is 11.4 Å². The molecule has 0 bridgehead atoms. The molecule has 3 aromatic rings. The number of benzene rings is 1. The van der Waals surface area contributed by atoms with E-state index in [1.54, 1.807) is 18.2 Å². The molecule has 0 fully saturated rings. The fourth-order valence-corrected chi connectivity index (χ4v) is 2.00. The molecule has 0 spiro atoms. The summed E-state index contributed by atoms with van der Waals surface area (Å²) in [5.74, 6) is 0.693. The number of rotatable bonds is 1. The topological polar surface area (TPSA) is 52.0 Å². The molecule has 0 aliphatic heterocycles. The van der Waals surface area contributed by atoms with E-state index in [1.165, 1.54) is 6.07 Å². The summed E-state index contributed by atoms with van der Waals surface area (Å²) in [6, 6.07) is 10.2. The molecular formula is C14H11FN2O. The number of nitrogens with zero attached hydrogens (tertiary/aromatic N) is 1. The Balaban J connectivity index is 2.23. The van der Waals surface area contributed by atoms with E-state index in [1.807, 2.05) is 19.1 Å². The van der Waals surface area contributed by atoms with Crippen molar-refractivity contribution in [1.82, 2.24) is 4.98 Å². The number of halogens is 1. The average molecular weight is 242 g/mol. The maximum Gasteiger partial charge on any atom is 0.170 e. The largest absolute Gasteiger partial charge is 0.453 e. The minimum atomic E-state index is -0.361. The molecule has 0 saturated carbocycles. The van der Waals surface area contributed by atoms with Gasteiger partial charge in [-0.2, -0.15) is 0 Å². The Kier molecular flexibility index (Phi) is 2.30. The highest BCUT2D eigenvalue weighted by Gasteiger charge is 2.11. The number of hydrogen-bond acceptors (Lipinski definition) is 3. The van der Waals surface area contributed by atoms with Gasteiger partial charge in [-0.15, -0.1) is 0 Å². The first-order valence-corrected chi connectivity index (χ1v) is 5.57. The van der Waals surface area contributed by atoms with Gasteiger partial charge in [-0.1, -0.05) is 12.1 Å². The molecule has 2 aromatic heterocycles. The minimum Gasteiger partial charge on any atom is -0.453 e. The lowest BCUT2D eigenvalue weighted by molar-refractivity contribution is 0.568. The van der Waals surface area contributed by atoms with Crippen molar-refractivity contribution in [2.45, 2.75) is 6.92 Å². The fraction of sp³-hybridized carbons (Fsp3) is 0.0714. The van der Waals surface area contributed by atoms with Gasteiger partial charge >= 0.3 is 0 Å². The van der Waals surface area contributed by atoms with E-state index in [2.05, 4.69) is 4.98 Å². The number of pyridine rings is 1. The van der Waals surface area contributed by atoms with E-state index in [0.29, 0.717) is 11.6 Å². The zero-order valence-electron chi connectivity index (χ0n) is 9.77. The standard InChI is InChI=1S/C14H11FN2O/c1-8-10(5-6-13(16)17-8)12-7-9-3-2-4-11(15)14(9)18-12/h2-7H,1H3,(H2,16,17). The zero-order valence-corrected chi connectivity index (χ0v) is 9.77. The molecule has 0 radical (unpaired) electrons. The fourth-order valence-electron chi connectivity index (χ4n) is 2.00. The van der Waals surface area contributed by atoms with E-state index in [4.69, 9.17) is 10.2 Å². The minimum absolute atomic E-state index is 0.267. The molecule has 0 amide bonds. The smallest absolute Gasteiger partial charge is 0.170 e. The van der Waals surface area contributed by atoms with Crippen LogP contribution in [-0.4, -0.2) is 4.98 Å². The Hall–Kier alpha value is -2.36. The summed E-state index contributed by atoms with van der Waals surface area (Å²) < 4.78 is 19.1. The third-order valence-electron chi connectivity index (χ3n) is 2.87. The molecule has 90 valence electrons. The van der Waals surface area contributed by atoms with Gasteiger partial charge in [-0.25, -0.2) is 9.37 Å². The van der Waals surface area contributed by atoms with Gasteiger partial charge in [0.25, 0.3) is 0 Å². The number of nitrogens with two attached hydrogens (primary N) is 1. The van der Waals surface area contributed by atoms with E-state index >= 15 is 0 Å². The SMILES string of the molecule is Cc1nc(N)ccc1-c1cc2cccc(F)c2o1. The summed E-state index contributed by atoms with van der Waals surface area (Å²) in [5, 5.41) is 0.737. The first kappa shape index (κ1) is 10.8. The van der Waals surface area contributed by atoms with Crippen LogP contribution in [0.3, 0.4) is 0 Å². The monoisotopic (exact) mass is 242 g/mol. The van der Waals surface area contributed by atoms with Crippen LogP contribution in [0.25, 0.3) is 22.3 Å². The summed E-state index contributed by atoms with van der Waals surface area (Å²) in [6.45, 7) is 1.84. The van der Waals surface area contributed by atoms with Crippen LogP contribution in [0.5, 0.6) is 0 Å². The van der Waals surface area contributed by atoms with Crippen molar-refractivity contribution in [1.29, 1.82) is 0 Å². The van der Waals surface area contributed by atoms with Gasteiger partial charge in [0.15, 0.2) is 11.4 Å². The summed E-state index contributed by atoms with van der Waals surface area (Å²) in [7, 11) is 0. The molecule has 1 aromatic carbocycles. The van der Waals surface area contributed by atoms with Crippen LogP contribution in [0.2, 0.25) is 0 Å². The number of anilines is 1. The number of para-hydroxylation sites is 1. The molecule has 18 heavy (non-hydrogen) atoms. The van der Waals surface area contributed by atoms with E-state index in [9.17, 15) is 4.39 Å². The lowest BCUT2D eigenvalue weighted by atomic mass is 10.1. The Morgan fingerprint density at radius 3 is 2.78 bits per heavy atom. The molecule has 0 aliphatic rings. The van der Waals surface area contributed by atoms with Gasteiger partial charge in [0, 0.05) is 10.9 Å². The maximum atomic E-state index is 13.6. The summed E-state index contributed by atoms with van der Waals surface area (Å²) >= 11 is 0. The van der Waals surface area contributed by atoms with Crippen molar-refractivity contribution in [3.63, 3.8) is 0 Å². The van der Waals surface area contributed by atoms with Gasteiger partial charge < -0.3 is 10.2 Å². The zero-order chi connectivity index (χ0) is 12.7. The van der Waals surface area contributed by atoms with Crippen molar-refractivity contribution in [3.8, 4) is 11.3 Å². The summed E-state index contributed by atoms with van der Waals surface area (Å²) in [5.41, 5.74) is 7.45. The number of furan rings is 1. The van der Waals surface area contributed by atoms with Crippen LogP contribution in [-0.2, 0) is 0 Å². The first-order chi connectivity index (χ1) is 8.65. The van der Waals surface area contributed by atoms with Crippen molar-refractivity contribution in [2.75, 3.05) is 5.73 Å². The van der Waals surface area contributed by atoms with Crippen LogP contribution in [0.4, 0.5) is 10.2 Å². The van der Waals surface area contributed by atoms with Gasteiger partial charge in [0.05, 0.1) is 5.69 Å². The van der Waals surface area contributed by atoms with Crippen LogP contribution in [0, 0.1) is 12.7 Å². The summed E-state index contributed by atoms with van der Waals surface area (Å²) in [6.07, 6.45) is 0. The van der Waals surface area contributed by atoms with Gasteiger partial charge in [-0.05, 0) is 31.2 Å². The number of aromatic nitrogens is 1. The molecule has 0 aliphatic carbocycles. The van der Waals surface area contributed by atoms with Gasteiger partial charge in [0.1, 0.15) is 11.6 Å². The normalized spacial score (nSPS) is 11.0. The predicted molar refractivity (Wildman–Crippen MR) is 68.6 cm³/mol. The maximum absolute atomic E-state index is 13.6. The van der Waals surface area contributed by atoms with Crippen molar-refractivity contribution in [3.05, 3.63) is 47.9 Å². The Morgan fingerprint density at radius 2 is 2.06 bits per heavy atom. The molecular weight excluding hydrogens is 231 g/mol. The predicted octanol–water partition coefficient (Wildman–Crippen LogP) is 3.52. The third kappa shape index (κ3) is 1.62. The van der Waals surface area contributed by atoms with E-state index < -0.39 is 0 Å². The van der Waals surface area contributed by atoms with Crippen LogP contribution in [0.15, 0.2) is 40.8 Å². The van der Waals surface area contributed by atoms with E-state index in [0.717, 1.165) is 16.6 Å². The highest BCUT2D eigenvalue weighted by molar-refractivity contribution is 5.83. The Bertz CT molecular complexity index is 734. The molecule has 0 atom stereocenters. The lowest BCUT2D eigenvalue weighted by Crippen LogP contribution is -1.93. The quantitative estimate of drug-likeness (QED) is 0.710. The number of nitrogen functional groups attached to an aromatic ring is 1. The molecule has 2 heterocycles. The Labute approximate surface area is 103 Å². The lowest BCUT2D eigenvalue weighted by Gasteiger charge is -2.01. The molecule has 3 rings (SSSR count). The highest BCUT2D eigenvalue weighted by Crippen LogP contribution is 2.30. The molecule has 0 unspecified atom stereocenters. The molecule has 2 N–H and O–H groups in total. The van der Waals surface area contributed by atoms with Crippen LogP contribution in [0.1, 0.15) is 5.69 Å². The Morgan fingerprint density at radius 1 is 1.22 bits per heavy atom. The third-order valence-corrected chi connectivity index (χ3v) is 2.87. The van der Waals surface area contributed by atoms with Crippen molar-refractivity contribution < 1.29 is 8.81 Å². The second-order valence-electron chi connectivity index (χ2n) is 4.14. The number of hydrogen-bond donors (Lipinski definition) is 1. The summed E-state index contributed by atoms with van der Waals surface area (Å²) in [4.78, 5) is 4.17. The second kappa shape index (κ2) is 3.84. The van der Waals surface area contributed by atoms with Crippen LogP contribution < -0.4 is 5.73 Å².